The summed E-state index contributed by atoms with van der Waals surface area (Å²) in [6, 6.07) is 17.1. The molecular weight excluding hydrogens is 306 g/mol. The molecule has 0 bridgehead atoms. The second-order valence-corrected chi connectivity index (χ2v) is 6.00. The van der Waals surface area contributed by atoms with Crippen molar-refractivity contribution in [1.29, 1.82) is 0 Å². The first kappa shape index (κ1) is 13.9. The van der Waals surface area contributed by atoms with Crippen LogP contribution in [0.3, 0.4) is 0 Å². The van der Waals surface area contributed by atoms with Gasteiger partial charge in [-0.2, -0.15) is 0 Å². The molecule has 0 radical (unpaired) electrons. The second kappa shape index (κ2) is 6.16. The third-order valence-corrected chi connectivity index (χ3v) is 4.18. The Kier molecular flexibility index (Phi) is 4.08. The third-order valence-electron chi connectivity index (χ3n) is 2.92. The smallest absolute Gasteiger partial charge is 0.412 e. The summed E-state index contributed by atoms with van der Waals surface area (Å²) in [7, 11) is 0. The van der Waals surface area contributed by atoms with Crippen LogP contribution in [0.15, 0.2) is 54.6 Å². The highest BCUT2D eigenvalue weighted by Gasteiger charge is 2.07. The first-order chi connectivity index (χ1) is 10.2. The van der Waals surface area contributed by atoms with E-state index in [9.17, 15) is 4.79 Å². The van der Waals surface area contributed by atoms with Crippen LogP contribution in [0.5, 0.6) is 0 Å². The number of halogens is 1. The molecule has 106 valence electrons. The largest absolute Gasteiger partial charge is 0.444 e. The van der Waals surface area contributed by atoms with Gasteiger partial charge in [0.05, 0.1) is 5.00 Å². The molecule has 0 saturated carbocycles. The molecule has 0 aliphatic heterocycles. The van der Waals surface area contributed by atoms with Gasteiger partial charge in [0.25, 0.3) is 0 Å². The van der Waals surface area contributed by atoms with E-state index in [0.717, 1.165) is 20.7 Å². The van der Waals surface area contributed by atoms with E-state index >= 15 is 0 Å². The minimum Gasteiger partial charge on any atom is -0.444 e. The van der Waals surface area contributed by atoms with Crippen molar-refractivity contribution < 1.29 is 9.53 Å². The van der Waals surface area contributed by atoms with Gasteiger partial charge >= 0.3 is 6.09 Å². The van der Waals surface area contributed by atoms with Gasteiger partial charge in [0, 0.05) is 9.72 Å². The SMILES string of the molecule is O=C(Nc1cc2cc(Cl)ccc2s1)OCc1ccccc1. The summed E-state index contributed by atoms with van der Waals surface area (Å²) in [5.74, 6) is 0. The summed E-state index contributed by atoms with van der Waals surface area (Å²) in [6.07, 6.45) is -0.462. The molecule has 0 aliphatic carbocycles. The van der Waals surface area contributed by atoms with Crippen LogP contribution < -0.4 is 5.32 Å². The zero-order valence-electron chi connectivity index (χ0n) is 11.0. The van der Waals surface area contributed by atoms with Gasteiger partial charge in [-0.25, -0.2) is 4.79 Å². The first-order valence-electron chi connectivity index (χ1n) is 6.37. The number of rotatable bonds is 3. The molecule has 5 heteroatoms. The zero-order chi connectivity index (χ0) is 14.7. The highest BCUT2D eigenvalue weighted by molar-refractivity contribution is 7.22. The van der Waals surface area contributed by atoms with E-state index < -0.39 is 6.09 Å². The van der Waals surface area contributed by atoms with Crippen LogP contribution in [0, 0.1) is 0 Å². The fourth-order valence-electron chi connectivity index (χ4n) is 1.94. The number of ether oxygens (including phenoxy) is 1. The molecule has 3 rings (SSSR count). The third kappa shape index (κ3) is 3.54. The summed E-state index contributed by atoms with van der Waals surface area (Å²) < 4.78 is 6.25. The van der Waals surface area contributed by atoms with Crippen molar-refractivity contribution in [2.75, 3.05) is 5.32 Å². The molecule has 1 amide bonds. The number of thiophene rings is 1. The Hall–Kier alpha value is -2.04. The van der Waals surface area contributed by atoms with E-state index in [4.69, 9.17) is 16.3 Å². The van der Waals surface area contributed by atoms with Crippen molar-refractivity contribution in [1.82, 2.24) is 0 Å². The van der Waals surface area contributed by atoms with Crippen LogP contribution in [0.2, 0.25) is 5.02 Å². The second-order valence-electron chi connectivity index (χ2n) is 4.48. The predicted octanol–water partition coefficient (Wildman–Crippen LogP) is 5.30. The number of hydrogen-bond acceptors (Lipinski definition) is 3. The molecule has 0 fully saturated rings. The topological polar surface area (TPSA) is 38.3 Å². The van der Waals surface area contributed by atoms with Gasteiger partial charge in [0.1, 0.15) is 6.61 Å². The molecule has 1 aromatic heterocycles. The van der Waals surface area contributed by atoms with Crippen molar-refractivity contribution in [3.8, 4) is 0 Å². The molecule has 0 atom stereocenters. The van der Waals surface area contributed by atoms with E-state index in [2.05, 4.69) is 5.32 Å². The Morgan fingerprint density at radius 1 is 1.14 bits per heavy atom. The summed E-state index contributed by atoms with van der Waals surface area (Å²) in [6.45, 7) is 0.253. The molecule has 0 saturated heterocycles. The van der Waals surface area contributed by atoms with Crippen LogP contribution in [-0.2, 0) is 11.3 Å². The van der Waals surface area contributed by atoms with Crippen molar-refractivity contribution in [3.63, 3.8) is 0 Å². The number of carbonyl (C=O) groups is 1. The molecule has 1 heterocycles. The molecule has 2 aromatic carbocycles. The zero-order valence-corrected chi connectivity index (χ0v) is 12.6. The minimum atomic E-state index is -0.462. The van der Waals surface area contributed by atoms with Crippen LogP contribution >= 0.6 is 22.9 Å². The quantitative estimate of drug-likeness (QED) is 0.711. The van der Waals surface area contributed by atoms with Crippen molar-refractivity contribution in [3.05, 3.63) is 65.2 Å². The maximum absolute atomic E-state index is 11.8. The fourth-order valence-corrected chi connectivity index (χ4v) is 3.05. The molecule has 1 N–H and O–H groups in total. The summed E-state index contributed by atoms with van der Waals surface area (Å²) in [5, 5.41) is 5.16. The maximum Gasteiger partial charge on any atom is 0.412 e. The molecular formula is C16H12ClNO2S. The van der Waals surface area contributed by atoms with E-state index in [-0.39, 0.29) is 6.61 Å². The number of amides is 1. The molecule has 3 nitrogen and oxygen atoms in total. The summed E-state index contributed by atoms with van der Waals surface area (Å²) in [4.78, 5) is 11.8. The Bertz CT molecular complexity index is 770. The number of anilines is 1. The summed E-state index contributed by atoms with van der Waals surface area (Å²) in [5.41, 5.74) is 0.954. The Morgan fingerprint density at radius 3 is 2.76 bits per heavy atom. The lowest BCUT2D eigenvalue weighted by atomic mass is 10.2. The standard InChI is InChI=1S/C16H12ClNO2S/c17-13-6-7-14-12(8-13)9-15(21-14)18-16(19)20-10-11-4-2-1-3-5-11/h1-9H,10H2,(H,18,19). The Labute approximate surface area is 131 Å². The van der Waals surface area contributed by atoms with E-state index in [1.54, 1.807) is 0 Å². The van der Waals surface area contributed by atoms with Crippen molar-refractivity contribution in [2.45, 2.75) is 6.61 Å². The lowest BCUT2D eigenvalue weighted by molar-refractivity contribution is 0.155. The van der Waals surface area contributed by atoms with E-state index in [1.165, 1.54) is 11.3 Å². The van der Waals surface area contributed by atoms with Crippen molar-refractivity contribution in [2.24, 2.45) is 0 Å². The number of carbonyl (C=O) groups excluding carboxylic acids is 1. The molecule has 0 aliphatic rings. The van der Waals surface area contributed by atoms with E-state index in [0.29, 0.717) is 5.02 Å². The molecule has 0 spiro atoms. The molecule has 0 unspecified atom stereocenters. The Balaban J connectivity index is 1.63. The number of nitrogens with one attached hydrogen (secondary N) is 1. The summed E-state index contributed by atoms with van der Waals surface area (Å²) >= 11 is 7.43. The minimum absolute atomic E-state index is 0.253. The van der Waals surface area contributed by atoms with E-state index in [1.807, 2.05) is 54.6 Å². The van der Waals surface area contributed by atoms with Crippen LogP contribution in [0.1, 0.15) is 5.56 Å². The van der Waals surface area contributed by atoms with Crippen LogP contribution in [0.4, 0.5) is 9.80 Å². The van der Waals surface area contributed by atoms with Gasteiger partial charge in [0.15, 0.2) is 0 Å². The lowest BCUT2D eigenvalue weighted by Gasteiger charge is -2.05. The molecule has 21 heavy (non-hydrogen) atoms. The molecule has 3 aromatic rings. The predicted molar refractivity (Wildman–Crippen MR) is 87.1 cm³/mol. The fraction of sp³-hybridized carbons (Fsp3) is 0.0625. The maximum atomic E-state index is 11.8. The van der Waals surface area contributed by atoms with Gasteiger partial charge in [-0.05, 0) is 35.2 Å². The number of hydrogen-bond donors (Lipinski definition) is 1. The average Bonchev–Trinajstić information content (AvgIpc) is 2.87. The van der Waals surface area contributed by atoms with Gasteiger partial charge in [0.2, 0.25) is 0 Å². The average molecular weight is 318 g/mol. The first-order valence-corrected chi connectivity index (χ1v) is 7.57. The van der Waals surface area contributed by atoms with Gasteiger partial charge in [-0.15, -0.1) is 11.3 Å². The lowest BCUT2D eigenvalue weighted by Crippen LogP contribution is -2.12. The van der Waals surface area contributed by atoms with Gasteiger partial charge in [-0.1, -0.05) is 41.9 Å². The highest BCUT2D eigenvalue weighted by Crippen LogP contribution is 2.31. The van der Waals surface area contributed by atoms with Gasteiger partial charge < -0.3 is 4.74 Å². The van der Waals surface area contributed by atoms with Gasteiger partial charge in [-0.3, -0.25) is 5.32 Å². The number of benzene rings is 2. The van der Waals surface area contributed by atoms with Crippen LogP contribution in [-0.4, -0.2) is 6.09 Å². The number of fused-ring (bicyclic) bond motifs is 1. The highest BCUT2D eigenvalue weighted by atomic mass is 35.5. The normalized spacial score (nSPS) is 10.5. The Morgan fingerprint density at radius 2 is 1.95 bits per heavy atom. The monoisotopic (exact) mass is 317 g/mol. The van der Waals surface area contributed by atoms with Crippen LogP contribution in [0.25, 0.3) is 10.1 Å². The van der Waals surface area contributed by atoms with Crippen molar-refractivity contribution >= 4 is 44.1 Å².